The lowest BCUT2D eigenvalue weighted by Gasteiger charge is -2.06. The van der Waals surface area contributed by atoms with E-state index in [4.69, 9.17) is 21.8 Å². The minimum Gasteiger partial charge on any atom is -0.407 e. The average molecular weight is 313 g/mol. The van der Waals surface area contributed by atoms with Crippen LogP contribution in [0.1, 0.15) is 12.1 Å². The molecule has 6 nitrogen and oxygen atoms in total. The zero-order chi connectivity index (χ0) is 15.1. The van der Waals surface area contributed by atoms with Crippen LogP contribution in [0.15, 0.2) is 27.5 Å². The fraction of sp³-hybridized carbons (Fsp3) is 0.0833. The number of nitrogen functional groups attached to an aromatic ring is 1. The SMILES string of the molecule is Nc1nc(-c2ccc(Cl)c3[nH]c(=O)oc23)cnc1C(F)F. The monoisotopic (exact) mass is 312 g/mol. The number of hydrogen-bond acceptors (Lipinski definition) is 5. The molecule has 0 radical (unpaired) electrons. The highest BCUT2D eigenvalue weighted by atomic mass is 35.5. The third kappa shape index (κ3) is 2.23. The number of aromatic amines is 1. The molecule has 2 aromatic heterocycles. The quantitative estimate of drug-likeness (QED) is 0.758. The summed E-state index contributed by atoms with van der Waals surface area (Å²) >= 11 is 5.94. The number of alkyl halides is 2. The summed E-state index contributed by atoms with van der Waals surface area (Å²) < 4.78 is 30.2. The molecule has 0 saturated heterocycles. The molecule has 3 N–H and O–H groups in total. The van der Waals surface area contributed by atoms with E-state index < -0.39 is 17.9 Å². The van der Waals surface area contributed by atoms with E-state index in [2.05, 4.69) is 15.0 Å². The van der Waals surface area contributed by atoms with Crippen molar-refractivity contribution in [2.45, 2.75) is 6.43 Å². The minimum atomic E-state index is -2.82. The van der Waals surface area contributed by atoms with Crippen molar-refractivity contribution >= 4 is 28.5 Å². The molecule has 0 unspecified atom stereocenters. The maximum absolute atomic E-state index is 12.6. The topological polar surface area (TPSA) is 97.8 Å². The number of benzene rings is 1. The van der Waals surface area contributed by atoms with Gasteiger partial charge in [-0.3, -0.25) is 4.98 Å². The predicted molar refractivity (Wildman–Crippen MR) is 72.2 cm³/mol. The first-order valence-corrected chi connectivity index (χ1v) is 6.07. The summed E-state index contributed by atoms with van der Waals surface area (Å²) in [5.41, 5.74) is 5.87. The van der Waals surface area contributed by atoms with Gasteiger partial charge in [-0.2, -0.15) is 0 Å². The van der Waals surface area contributed by atoms with Crippen LogP contribution in [-0.2, 0) is 0 Å². The van der Waals surface area contributed by atoms with E-state index in [1.807, 2.05) is 0 Å². The predicted octanol–water partition coefficient (Wildman–Crippen LogP) is 2.75. The van der Waals surface area contributed by atoms with E-state index in [0.717, 1.165) is 6.20 Å². The fourth-order valence-electron chi connectivity index (χ4n) is 1.91. The Kier molecular flexibility index (Phi) is 3.09. The number of hydrogen-bond donors (Lipinski definition) is 2. The summed E-state index contributed by atoms with van der Waals surface area (Å²) in [7, 11) is 0. The molecule has 1 aromatic carbocycles. The summed E-state index contributed by atoms with van der Waals surface area (Å²) in [5.74, 6) is -1.08. The Morgan fingerprint density at radius 2 is 2.14 bits per heavy atom. The smallest absolute Gasteiger partial charge is 0.407 e. The van der Waals surface area contributed by atoms with Crippen LogP contribution in [0.2, 0.25) is 5.02 Å². The van der Waals surface area contributed by atoms with Gasteiger partial charge in [-0.25, -0.2) is 23.5 Å². The van der Waals surface area contributed by atoms with E-state index in [9.17, 15) is 13.6 Å². The van der Waals surface area contributed by atoms with Gasteiger partial charge in [0.25, 0.3) is 6.43 Å². The molecule has 3 rings (SSSR count). The molecule has 0 aliphatic heterocycles. The van der Waals surface area contributed by atoms with Crippen molar-refractivity contribution in [2.24, 2.45) is 0 Å². The van der Waals surface area contributed by atoms with Gasteiger partial charge < -0.3 is 10.2 Å². The van der Waals surface area contributed by atoms with Gasteiger partial charge in [0.1, 0.15) is 11.2 Å². The number of rotatable bonds is 2. The maximum Gasteiger partial charge on any atom is 0.417 e. The number of halogens is 3. The van der Waals surface area contributed by atoms with E-state index in [1.54, 1.807) is 0 Å². The van der Waals surface area contributed by atoms with E-state index in [1.165, 1.54) is 12.1 Å². The van der Waals surface area contributed by atoms with Crippen molar-refractivity contribution < 1.29 is 13.2 Å². The lowest BCUT2D eigenvalue weighted by atomic mass is 10.1. The number of fused-ring (bicyclic) bond motifs is 1. The largest absolute Gasteiger partial charge is 0.417 e. The highest BCUT2D eigenvalue weighted by Gasteiger charge is 2.18. The van der Waals surface area contributed by atoms with Crippen molar-refractivity contribution in [3.05, 3.63) is 39.6 Å². The molecule has 108 valence electrons. The third-order valence-corrected chi connectivity index (χ3v) is 3.16. The van der Waals surface area contributed by atoms with Crippen LogP contribution in [0.3, 0.4) is 0 Å². The van der Waals surface area contributed by atoms with Crippen LogP contribution in [0.5, 0.6) is 0 Å². The number of H-pyrrole nitrogens is 1. The molecule has 0 aliphatic carbocycles. The Labute approximate surface area is 120 Å². The van der Waals surface area contributed by atoms with Gasteiger partial charge in [0.05, 0.1) is 16.9 Å². The molecule has 0 atom stereocenters. The van der Waals surface area contributed by atoms with Crippen LogP contribution >= 0.6 is 11.6 Å². The van der Waals surface area contributed by atoms with E-state index >= 15 is 0 Å². The fourth-order valence-corrected chi connectivity index (χ4v) is 2.11. The first kappa shape index (κ1) is 13.5. The van der Waals surface area contributed by atoms with Crippen molar-refractivity contribution in [1.29, 1.82) is 0 Å². The minimum absolute atomic E-state index is 0.158. The number of nitrogens with one attached hydrogen (secondary N) is 1. The number of aromatic nitrogens is 3. The van der Waals surface area contributed by atoms with Crippen LogP contribution in [0.25, 0.3) is 22.4 Å². The van der Waals surface area contributed by atoms with E-state index in [0.29, 0.717) is 5.56 Å². The van der Waals surface area contributed by atoms with Crippen molar-refractivity contribution in [3.8, 4) is 11.3 Å². The van der Waals surface area contributed by atoms with Gasteiger partial charge in [0.15, 0.2) is 11.4 Å². The molecule has 0 aliphatic rings. The van der Waals surface area contributed by atoms with Crippen LogP contribution in [-0.4, -0.2) is 15.0 Å². The molecule has 0 bridgehead atoms. The van der Waals surface area contributed by atoms with Crippen molar-refractivity contribution in [1.82, 2.24) is 15.0 Å². The molecule has 0 fully saturated rings. The Balaban J connectivity index is 2.23. The molecule has 0 saturated carbocycles. The second kappa shape index (κ2) is 4.81. The van der Waals surface area contributed by atoms with Crippen molar-refractivity contribution in [2.75, 3.05) is 5.73 Å². The Hall–Kier alpha value is -2.48. The van der Waals surface area contributed by atoms with Gasteiger partial charge in [0, 0.05) is 5.56 Å². The van der Waals surface area contributed by atoms with Gasteiger partial charge in [0.2, 0.25) is 0 Å². The normalized spacial score (nSPS) is 11.4. The van der Waals surface area contributed by atoms with Gasteiger partial charge in [-0.05, 0) is 12.1 Å². The maximum atomic E-state index is 12.6. The van der Waals surface area contributed by atoms with Gasteiger partial charge >= 0.3 is 5.76 Å². The van der Waals surface area contributed by atoms with Crippen molar-refractivity contribution in [3.63, 3.8) is 0 Å². The van der Waals surface area contributed by atoms with Crippen LogP contribution < -0.4 is 11.5 Å². The molecule has 0 spiro atoms. The van der Waals surface area contributed by atoms with Gasteiger partial charge in [-0.15, -0.1) is 0 Å². The lowest BCUT2D eigenvalue weighted by Crippen LogP contribution is -2.02. The lowest BCUT2D eigenvalue weighted by molar-refractivity contribution is 0.146. The summed E-state index contributed by atoms with van der Waals surface area (Å²) in [6, 6.07) is 3.05. The Morgan fingerprint density at radius 1 is 1.38 bits per heavy atom. The van der Waals surface area contributed by atoms with Gasteiger partial charge in [-0.1, -0.05) is 11.6 Å². The number of oxazole rings is 1. The van der Waals surface area contributed by atoms with E-state index in [-0.39, 0.29) is 27.6 Å². The first-order valence-electron chi connectivity index (χ1n) is 5.69. The Bertz CT molecular complexity index is 891. The summed E-state index contributed by atoms with van der Waals surface area (Å²) in [4.78, 5) is 21.2. The molecule has 0 amide bonds. The second-order valence-corrected chi connectivity index (χ2v) is 4.55. The molecule has 21 heavy (non-hydrogen) atoms. The summed E-state index contributed by atoms with van der Waals surface area (Å²) in [5, 5.41) is 0.282. The van der Waals surface area contributed by atoms with Crippen LogP contribution in [0.4, 0.5) is 14.6 Å². The Morgan fingerprint density at radius 3 is 2.81 bits per heavy atom. The first-order chi connectivity index (χ1) is 9.97. The number of anilines is 1. The summed E-state index contributed by atoms with van der Waals surface area (Å²) in [6.07, 6.45) is -1.69. The molecular weight excluding hydrogens is 306 g/mol. The highest BCUT2D eigenvalue weighted by molar-refractivity contribution is 6.35. The zero-order valence-corrected chi connectivity index (χ0v) is 11.0. The highest BCUT2D eigenvalue weighted by Crippen LogP contribution is 2.31. The number of nitrogens with zero attached hydrogens (tertiary/aromatic N) is 2. The molecular formula is C12H7ClF2N4O2. The summed E-state index contributed by atoms with van der Waals surface area (Å²) in [6.45, 7) is 0. The molecule has 3 aromatic rings. The number of nitrogens with two attached hydrogens (primary N) is 1. The third-order valence-electron chi connectivity index (χ3n) is 2.84. The average Bonchev–Trinajstić information content (AvgIpc) is 2.81. The zero-order valence-electron chi connectivity index (χ0n) is 10.2. The standard InChI is InChI=1S/C12H7ClF2N4O2/c13-5-2-1-4(9-7(5)19-12(20)21-9)6-3-17-8(10(14)15)11(16)18-6/h1-3,10H,(H2,16,18)(H,19,20). The second-order valence-electron chi connectivity index (χ2n) is 4.14. The molecule has 2 heterocycles. The van der Waals surface area contributed by atoms with Crippen LogP contribution in [0, 0.1) is 0 Å². The molecule has 9 heteroatoms.